The van der Waals surface area contributed by atoms with Gasteiger partial charge in [0.15, 0.2) is 0 Å². The van der Waals surface area contributed by atoms with Crippen LogP contribution in [0.1, 0.15) is 25.0 Å². The number of aliphatic hydroxyl groups excluding tert-OH is 1. The van der Waals surface area contributed by atoms with Crippen LogP contribution in [-0.4, -0.2) is 18.3 Å². The molecule has 112 valence electrons. The Labute approximate surface area is 133 Å². The molecule has 1 N–H and O–H groups in total. The Morgan fingerprint density at radius 3 is 2.57 bits per heavy atom. The van der Waals surface area contributed by atoms with Gasteiger partial charge in [0, 0.05) is 10.0 Å². The van der Waals surface area contributed by atoms with E-state index in [1.165, 1.54) is 0 Å². The maximum atomic E-state index is 9.96. The fraction of sp³-hybridized carbons (Fsp3) is 0.294. The molecule has 2 aromatic rings. The summed E-state index contributed by atoms with van der Waals surface area (Å²) in [6, 6.07) is 15.2. The monoisotopic (exact) mass is 350 g/mol. The van der Waals surface area contributed by atoms with Crippen LogP contribution in [-0.2, 0) is 0 Å². The molecule has 2 rings (SSSR count). The van der Waals surface area contributed by atoms with Crippen LogP contribution in [0.2, 0.25) is 0 Å². The minimum absolute atomic E-state index is 0.431. The molecule has 0 aliphatic carbocycles. The van der Waals surface area contributed by atoms with Crippen LogP contribution in [0.4, 0.5) is 0 Å². The maximum absolute atomic E-state index is 9.96. The third-order valence-electron chi connectivity index (χ3n) is 3.07. The lowest BCUT2D eigenvalue weighted by molar-refractivity contribution is 0.162. The van der Waals surface area contributed by atoms with Gasteiger partial charge in [0.25, 0.3) is 0 Å². The quantitative estimate of drug-likeness (QED) is 0.754. The van der Waals surface area contributed by atoms with Crippen LogP contribution in [0.5, 0.6) is 11.5 Å². The molecular weight excluding hydrogens is 332 g/mol. The second kappa shape index (κ2) is 8.05. The predicted octanol–water partition coefficient (Wildman–Crippen LogP) is 4.35. The van der Waals surface area contributed by atoms with Crippen molar-refractivity contribution in [2.75, 3.05) is 13.2 Å². The van der Waals surface area contributed by atoms with Crippen LogP contribution >= 0.6 is 15.9 Å². The van der Waals surface area contributed by atoms with Gasteiger partial charge in [-0.25, -0.2) is 0 Å². The molecule has 0 aliphatic rings. The third kappa shape index (κ3) is 4.76. The van der Waals surface area contributed by atoms with Crippen molar-refractivity contribution in [1.82, 2.24) is 0 Å². The van der Waals surface area contributed by atoms with Gasteiger partial charge in [0.1, 0.15) is 24.7 Å². The lowest BCUT2D eigenvalue weighted by Crippen LogP contribution is -2.10. The number of para-hydroxylation sites is 1. The summed E-state index contributed by atoms with van der Waals surface area (Å²) in [5, 5.41) is 9.96. The molecule has 0 amide bonds. The standard InChI is InChI=1S/C17H19BrO3/c1-2-16(19)15-8-3-4-9-17(15)21-11-10-20-14-7-5-6-13(18)12-14/h3-9,12,16,19H,2,10-11H2,1H3/t16-/m1/s1. The molecule has 0 spiro atoms. The van der Waals surface area contributed by atoms with Gasteiger partial charge in [-0.15, -0.1) is 0 Å². The lowest BCUT2D eigenvalue weighted by Gasteiger charge is -2.15. The van der Waals surface area contributed by atoms with Crippen molar-refractivity contribution in [3.8, 4) is 11.5 Å². The van der Waals surface area contributed by atoms with Crippen molar-refractivity contribution in [3.63, 3.8) is 0 Å². The summed E-state index contributed by atoms with van der Waals surface area (Å²) >= 11 is 3.40. The van der Waals surface area contributed by atoms with Gasteiger partial charge in [-0.05, 0) is 30.7 Å². The first-order valence-electron chi connectivity index (χ1n) is 6.99. The number of rotatable bonds is 7. The van der Waals surface area contributed by atoms with Gasteiger partial charge in [-0.2, -0.15) is 0 Å². The first-order chi connectivity index (χ1) is 10.2. The summed E-state index contributed by atoms with van der Waals surface area (Å²) in [4.78, 5) is 0. The molecule has 0 fully saturated rings. The van der Waals surface area contributed by atoms with Crippen LogP contribution in [0.25, 0.3) is 0 Å². The average molecular weight is 351 g/mol. The average Bonchev–Trinajstić information content (AvgIpc) is 2.51. The van der Waals surface area contributed by atoms with E-state index in [9.17, 15) is 5.11 Å². The van der Waals surface area contributed by atoms with Gasteiger partial charge >= 0.3 is 0 Å². The van der Waals surface area contributed by atoms with Crippen LogP contribution in [0.3, 0.4) is 0 Å². The Bertz CT molecular complexity index is 571. The van der Waals surface area contributed by atoms with Gasteiger partial charge in [0.2, 0.25) is 0 Å². The van der Waals surface area contributed by atoms with Crippen molar-refractivity contribution in [3.05, 3.63) is 58.6 Å². The molecule has 1 atom stereocenters. The minimum Gasteiger partial charge on any atom is -0.490 e. The van der Waals surface area contributed by atoms with Gasteiger partial charge in [-0.1, -0.05) is 47.1 Å². The first kappa shape index (κ1) is 15.9. The normalized spacial score (nSPS) is 12.0. The molecule has 0 bridgehead atoms. The van der Waals surface area contributed by atoms with Crippen molar-refractivity contribution in [2.24, 2.45) is 0 Å². The number of hydrogen-bond acceptors (Lipinski definition) is 3. The van der Waals surface area contributed by atoms with Crippen molar-refractivity contribution in [1.29, 1.82) is 0 Å². The summed E-state index contributed by atoms with van der Waals surface area (Å²) in [6.45, 7) is 2.82. The van der Waals surface area contributed by atoms with E-state index < -0.39 is 6.10 Å². The van der Waals surface area contributed by atoms with E-state index in [1.54, 1.807) is 0 Å². The molecule has 4 heteroatoms. The van der Waals surface area contributed by atoms with E-state index in [2.05, 4.69) is 15.9 Å². The topological polar surface area (TPSA) is 38.7 Å². The van der Waals surface area contributed by atoms with Crippen molar-refractivity contribution in [2.45, 2.75) is 19.4 Å². The summed E-state index contributed by atoms with van der Waals surface area (Å²) in [6.07, 6.45) is 0.168. The van der Waals surface area contributed by atoms with E-state index in [0.717, 1.165) is 15.8 Å². The highest BCUT2D eigenvalue weighted by molar-refractivity contribution is 9.10. The summed E-state index contributed by atoms with van der Waals surface area (Å²) in [7, 11) is 0. The highest BCUT2D eigenvalue weighted by Gasteiger charge is 2.10. The largest absolute Gasteiger partial charge is 0.490 e. The van der Waals surface area contributed by atoms with Crippen LogP contribution in [0.15, 0.2) is 53.0 Å². The van der Waals surface area contributed by atoms with Gasteiger partial charge < -0.3 is 14.6 Å². The smallest absolute Gasteiger partial charge is 0.125 e. The Kier molecular flexibility index (Phi) is 6.08. The van der Waals surface area contributed by atoms with Crippen molar-refractivity contribution >= 4 is 15.9 Å². The zero-order chi connectivity index (χ0) is 15.1. The molecule has 0 heterocycles. The Balaban J connectivity index is 1.86. The predicted molar refractivity (Wildman–Crippen MR) is 86.8 cm³/mol. The molecule has 2 aromatic carbocycles. The number of hydrogen-bond donors (Lipinski definition) is 1. The fourth-order valence-corrected chi connectivity index (χ4v) is 2.35. The van der Waals surface area contributed by atoms with E-state index in [-0.39, 0.29) is 0 Å². The highest BCUT2D eigenvalue weighted by atomic mass is 79.9. The molecule has 0 aliphatic heterocycles. The second-order valence-corrected chi connectivity index (χ2v) is 5.53. The fourth-order valence-electron chi connectivity index (χ4n) is 1.98. The highest BCUT2D eigenvalue weighted by Crippen LogP contribution is 2.26. The van der Waals surface area contributed by atoms with Crippen molar-refractivity contribution < 1.29 is 14.6 Å². The summed E-state index contributed by atoms with van der Waals surface area (Å²) < 4.78 is 12.3. The number of aliphatic hydroxyl groups is 1. The number of benzene rings is 2. The molecule has 21 heavy (non-hydrogen) atoms. The Hall–Kier alpha value is -1.52. The number of ether oxygens (including phenoxy) is 2. The molecule has 0 aromatic heterocycles. The summed E-state index contributed by atoms with van der Waals surface area (Å²) in [5.74, 6) is 1.51. The molecule has 0 unspecified atom stereocenters. The van der Waals surface area contributed by atoms with E-state index in [0.29, 0.717) is 25.4 Å². The second-order valence-electron chi connectivity index (χ2n) is 4.62. The van der Waals surface area contributed by atoms with E-state index in [4.69, 9.17) is 9.47 Å². The SMILES string of the molecule is CC[C@@H](O)c1ccccc1OCCOc1cccc(Br)c1. The van der Waals surface area contributed by atoms with Crippen LogP contribution < -0.4 is 9.47 Å². The van der Waals surface area contributed by atoms with E-state index in [1.807, 2.05) is 55.5 Å². The zero-order valence-corrected chi connectivity index (χ0v) is 13.5. The third-order valence-corrected chi connectivity index (χ3v) is 3.56. The molecular formula is C17H19BrO3. The van der Waals surface area contributed by atoms with Gasteiger partial charge in [0.05, 0.1) is 6.10 Å². The molecule has 0 saturated carbocycles. The van der Waals surface area contributed by atoms with Gasteiger partial charge in [-0.3, -0.25) is 0 Å². The first-order valence-corrected chi connectivity index (χ1v) is 7.78. The van der Waals surface area contributed by atoms with E-state index >= 15 is 0 Å². The molecule has 3 nitrogen and oxygen atoms in total. The summed E-state index contributed by atoms with van der Waals surface area (Å²) in [5.41, 5.74) is 0.822. The maximum Gasteiger partial charge on any atom is 0.125 e. The number of halogens is 1. The minimum atomic E-state index is -0.493. The Morgan fingerprint density at radius 2 is 1.81 bits per heavy atom. The lowest BCUT2D eigenvalue weighted by atomic mass is 10.1. The molecule has 0 radical (unpaired) electrons. The molecule has 0 saturated heterocycles. The van der Waals surface area contributed by atoms with Crippen LogP contribution in [0, 0.1) is 0 Å². The Morgan fingerprint density at radius 1 is 1.05 bits per heavy atom. The zero-order valence-electron chi connectivity index (χ0n) is 12.0.